The molecule has 1 aliphatic carbocycles. The van der Waals surface area contributed by atoms with Crippen molar-refractivity contribution in [3.05, 3.63) is 29.8 Å². The van der Waals surface area contributed by atoms with Gasteiger partial charge in [-0.15, -0.1) is 0 Å². The first kappa shape index (κ1) is 19.7. The van der Waals surface area contributed by atoms with Gasteiger partial charge in [-0.1, -0.05) is 25.0 Å². The van der Waals surface area contributed by atoms with E-state index in [9.17, 15) is 9.59 Å². The van der Waals surface area contributed by atoms with Crippen LogP contribution in [-0.4, -0.2) is 56.5 Å². The Bertz CT molecular complexity index is 632. The van der Waals surface area contributed by atoms with Crippen LogP contribution in [0.2, 0.25) is 0 Å². The van der Waals surface area contributed by atoms with Crippen LogP contribution in [0.1, 0.15) is 50.1 Å². The van der Waals surface area contributed by atoms with Crippen LogP contribution in [0, 0.1) is 0 Å². The van der Waals surface area contributed by atoms with Gasteiger partial charge in [0.25, 0.3) is 0 Å². The summed E-state index contributed by atoms with van der Waals surface area (Å²) >= 11 is 0. The molecule has 148 valence electrons. The molecule has 0 spiro atoms. The molecule has 1 aromatic rings. The minimum atomic E-state index is -0.518. The van der Waals surface area contributed by atoms with Crippen molar-refractivity contribution in [3.8, 4) is 0 Å². The van der Waals surface area contributed by atoms with Crippen molar-refractivity contribution >= 4 is 17.5 Å². The van der Waals surface area contributed by atoms with Crippen LogP contribution >= 0.6 is 0 Å². The van der Waals surface area contributed by atoms with Gasteiger partial charge in [-0.05, 0) is 56.5 Å². The predicted molar refractivity (Wildman–Crippen MR) is 108 cm³/mol. The summed E-state index contributed by atoms with van der Waals surface area (Å²) in [6, 6.07) is 8.73. The lowest BCUT2D eigenvalue weighted by molar-refractivity contribution is -0.139. The Morgan fingerprint density at radius 2 is 1.67 bits per heavy atom. The van der Waals surface area contributed by atoms with E-state index in [-0.39, 0.29) is 12.1 Å². The van der Waals surface area contributed by atoms with Gasteiger partial charge in [-0.2, -0.15) is 0 Å². The van der Waals surface area contributed by atoms with E-state index in [1.807, 2.05) is 14.1 Å². The molecule has 0 radical (unpaired) electrons. The second-order valence-corrected chi connectivity index (χ2v) is 7.91. The fourth-order valence-electron chi connectivity index (χ4n) is 4.10. The highest BCUT2D eigenvalue weighted by atomic mass is 16.2. The van der Waals surface area contributed by atoms with Crippen LogP contribution in [0.4, 0.5) is 5.69 Å². The Morgan fingerprint density at radius 3 is 2.26 bits per heavy atom. The van der Waals surface area contributed by atoms with Crippen LogP contribution in [-0.2, 0) is 9.59 Å². The van der Waals surface area contributed by atoms with Crippen LogP contribution in [0.3, 0.4) is 0 Å². The number of hydrogen-bond acceptors (Lipinski definition) is 4. The molecule has 6 heteroatoms. The molecule has 1 atom stereocenters. The largest absolute Gasteiger partial charge is 0.378 e. The number of nitrogens with zero attached hydrogens (tertiary/aromatic N) is 2. The normalized spacial score (nSPS) is 19.0. The second kappa shape index (κ2) is 9.22. The van der Waals surface area contributed by atoms with Crippen LogP contribution < -0.4 is 15.5 Å². The summed E-state index contributed by atoms with van der Waals surface area (Å²) in [5, 5.41) is 5.73. The van der Waals surface area contributed by atoms with E-state index in [0.717, 1.165) is 44.5 Å². The van der Waals surface area contributed by atoms with Gasteiger partial charge >= 0.3 is 11.8 Å². The highest BCUT2D eigenvalue weighted by molar-refractivity contribution is 6.35. The number of anilines is 1. The van der Waals surface area contributed by atoms with Crippen molar-refractivity contribution < 1.29 is 9.59 Å². The van der Waals surface area contributed by atoms with E-state index in [0.29, 0.717) is 6.54 Å². The van der Waals surface area contributed by atoms with Crippen molar-refractivity contribution in [1.29, 1.82) is 0 Å². The minimum Gasteiger partial charge on any atom is -0.378 e. The third-order valence-electron chi connectivity index (χ3n) is 5.73. The first-order chi connectivity index (χ1) is 13.0. The molecule has 2 aliphatic rings. The van der Waals surface area contributed by atoms with E-state index in [1.165, 1.54) is 18.4 Å². The van der Waals surface area contributed by atoms with Crippen molar-refractivity contribution in [3.63, 3.8) is 0 Å². The van der Waals surface area contributed by atoms with Crippen molar-refractivity contribution in [2.75, 3.05) is 38.6 Å². The lowest BCUT2D eigenvalue weighted by atomic mass is 10.0. The van der Waals surface area contributed by atoms with E-state index >= 15 is 0 Å². The van der Waals surface area contributed by atoms with Crippen molar-refractivity contribution in [2.45, 2.75) is 50.6 Å². The Balaban J connectivity index is 1.61. The zero-order valence-electron chi connectivity index (χ0n) is 16.5. The molecule has 2 N–H and O–H groups in total. The summed E-state index contributed by atoms with van der Waals surface area (Å²) in [4.78, 5) is 28.9. The van der Waals surface area contributed by atoms with E-state index in [4.69, 9.17) is 0 Å². The number of carbonyl (C=O) groups excluding carboxylic acids is 2. The molecular formula is C21H32N4O2. The molecule has 2 amide bonds. The number of hydrogen-bond donors (Lipinski definition) is 2. The van der Waals surface area contributed by atoms with E-state index in [2.05, 4.69) is 44.7 Å². The van der Waals surface area contributed by atoms with Gasteiger partial charge in [-0.3, -0.25) is 14.5 Å². The molecule has 1 aromatic carbocycles. The molecular weight excluding hydrogens is 340 g/mol. The van der Waals surface area contributed by atoms with Gasteiger partial charge in [0.1, 0.15) is 0 Å². The Hall–Kier alpha value is -2.08. The smallest absolute Gasteiger partial charge is 0.309 e. The molecule has 1 saturated heterocycles. The van der Waals surface area contributed by atoms with E-state index in [1.54, 1.807) is 0 Å². The third-order valence-corrected chi connectivity index (χ3v) is 5.73. The first-order valence-corrected chi connectivity index (χ1v) is 10.1. The third kappa shape index (κ3) is 5.22. The zero-order chi connectivity index (χ0) is 19.2. The number of amides is 2. The summed E-state index contributed by atoms with van der Waals surface area (Å²) in [6.45, 7) is 2.52. The first-order valence-electron chi connectivity index (χ1n) is 10.1. The summed E-state index contributed by atoms with van der Waals surface area (Å²) in [7, 11) is 4.05. The highest BCUT2D eigenvalue weighted by Crippen LogP contribution is 2.26. The maximum absolute atomic E-state index is 12.3. The Morgan fingerprint density at radius 1 is 1.04 bits per heavy atom. The van der Waals surface area contributed by atoms with Crippen LogP contribution in [0.15, 0.2) is 24.3 Å². The fraction of sp³-hybridized carbons (Fsp3) is 0.619. The zero-order valence-corrected chi connectivity index (χ0v) is 16.5. The summed E-state index contributed by atoms with van der Waals surface area (Å²) in [5.41, 5.74) is 2.33. The number of likely N-dealkylation sites (tertiary alicyclic amines) is 1. The lowest BCUT2D eigenvalue weighted by Crippen LogP contribution is -2.46. The average Bonchev–Trinajstić information content (AvgIpc) is 3.36. The molecule has 27 heavy (non-hydrogen) atoms. The lowest BCUT2D eigenvalue weighted by Gasteiger charge is -2.28. The average molecular weight is 373 g/mol. The number of carbonyl (C=O) groups is 2. The molecule has 6 nitrogen and oxygen atoms in total. The van der Waals surface area contributed by atoms with Gasteiger partial charge in [0, 0.05) is 32.4 Å². The van der Waals surface area contributed by atoms with Gasteiger partial charge in [0.2, 0.25) is 0 Å². The predicted octanol–water partition coefficient (Wildman–Crippen LogP) is 2.06. The Kier molecular flexibility index (Phi) is 6.72. The minimum absolute atomic E-state index is 0.104. The molecule has 1 heterocycles. The maximum Gasteiger partial charge on any atom is 0.309 e. The molecule has 3 rings (SSSR count). The summed E-state index contributed by atoms with van der Waals surface area (Å²) < 4.78 is 0. The second-order valence-electron chi connectivity index (χ2n) is 7.91. The topological polar surface area (TPSA) is 64.7 Å². The molecule has 0 aromatic heterocycles. The van der Waals surface area contributed by atoms with Crippen LogP contribution in [0.25, 0.3) is 0 Å². The van der Waals surface area contributed by atoms with Gasteiger partial charge in [0.05, 0.1) is 6.04 Å². The molecule has 1 saturated carbocycles. The standard InChI is InChI=1S/C21H32N4O2/c1-24(2)18-11-9-16(10-12-18)19(25-13-5-6-14-25)15-22-20(26)21(27)23-17-7-3-4-8-17/h9-12,17,19H,3-8,13-15H2,1-2H3,(H,22,26)(H,23,27)/t19-/m1/s1. The quantitative estimate of drug-likeness (QED) is 0.751. The maximum atomic E-state index is 12.3. The summed E-state index contributed by atoms with van der Waals surface area (Å²) in [5.74, 6) is -1.01. The summed E-state index contributed by atoms with van der Waals surface area (Å²) in [6.07, 6.45) is 6.59. The van der Waals surface area contributed by atoms with Crippen molar-refractivity contribution in [2.24, 2.45) is 0 Å². The van der Waals surface area contributed by atoms with Gasteiger partial charge in [0.15, 0.2) is 0 Å². The fourth-order valence-corrected chi connectivity index (χ4v) is 4.10. The van der Waals surface area contributed by atoms with Gasteiger partial charge < -0.3 is 15.5 Å². The SMILES string of the molecule is CN(C)c1ccc([C@@H](CNC(=O)C(=O)NC2CCCC2)N2CCCC2)cc1. The molecule has 2 fully saturated rings. The van der Waals surface area contributed by atoms with E-state index < -0.39 is 11.8 Å². The van der Waals surface area contributed by atoms with Crippen molar-refractivity contribution in [1.82, 2.24) is 15.5 Å². The number of nitrogens with one attached hydrogen (secondary N) is 2. The van der Waals surface area contributed by atoms with Gasteiger partial charge in [-0.25, -0.2) is 0 Å². The Labute approximate surface area is 162 Å². The molecule has 0 bridgehead atoms. The molecule has 0 unspecified atom stereocenters. The monoisotopic (exact) mass is 372 g/mol. The number of rotatable bonds is 6. The van der Waals surface area contributed by atoms with Crippen LogP contribution in [0.5, 0.6) is 0 Å². The number of benzene rings is 1. The highest BCUT2D eigenvalue weighted by Gasteiger charge is 2.26. The molecule has 1 aliphatic heterocycles.